The molecule has 2 aromatic heterocycles. The molecule has 2 aromatic carbocycles. The summed E-state index contributed by atoms with van der Waals surface area (Å²) in [6.45, 7) is 0.556. The monoisotopic (exact) mass is 449 g/mol. The third kappa shape index (κ3) is 3.51. The largest absolute Gasteiger partial charge is 0.314 e. The average molecular weight is 450 g/mol. The van der Waals surface area contributed by atoms with Crippen LogP contribution in [-0.2, 0) is 10.0 Å². The first-order chi connectivity index (χ1) is 15.1. The second-order valence-electron chi connectivity index (χ2n) is 7.30. The van der Waals surface area contributed by atoms with E-state index in [0.29, 0.717) is 28.8 Å². The van der Waals surface area contributed by atoms with E-state index in [4.69, 9.17) is 0 Å². The van der Waals surface area contributed by atoms with Crippen LogP contribution in [-0.4, -0.2) is 35.5 Å². The van der Waals surface area contributed by atoms with Gasteiger partial charge in [0, 0.05) is 35.6 Å². The van der Waals surface area contributed by atoms with E-state index in [1.807, 2.05) is 18.2 Å². The number of nitrogens with zero attached hydrogens (tertiary/aromatic N) is 3. The van der Waals surface area contributed by atoms with Gasteiger partial charge >= 0.3 is 0 Å². The van der Waals surface area contributed by atoms with E-state index in [9.17, 15) is 13.2 Å². The van der Waals surface area contributed by atoms with Crippen molar-refractivity contribution in [1.82, 2.24) is 8.96 Å². The molecule has 0 N–H and O–H groups in total. The molecule has 1 aliphatic rings. The van der Waals surface area contributed by atoms with Crippen molar-refractivity contribution in [2.75, 3.05) is 16.6 Å². The van der Waals surface area contributed by atoms with Crippen LogP contribution in [0.1, 0.15) is 10.4 Å². The molecule has 31 heavy (non-hydrogen) atoms. The minimum absolute atomic E-state index is 0.0444. The highest BCUT2D eigenvalue weighted by molar-refractivity contribution is 8.01. The highest BCUT2D eigenvalue weighted by atomic mass is 32.2. The van der Waals surface area contributed by atoms with Crippen LogP contribution < -0.4 is 4.31 Å². The Balaban J connectivity index is 1.52. The van der Waals surface area contributed by atoms with Crippen LogP contribution in [0.5, 0.6) is 0 Å². The molecule has 1 unspecified atom stereocenters. The third-order valence-electron chi connectivity index (χ3n) is 5.37. The lowest BCUT2D eigenvalue weighted by atomic mass is 9.98. The molecule has 1 fully saturated rings. The number of Topliss-reactive ketones (excluding diaryl/α,β-unsaturated/α-hetero) is 1. The molecule has 8 heteroatoms. The number of fused-ring (bicyclic) bond motifs is 1. The van der Waals surface area contributed by atoms with Gasteiger partial charge in [0.15, 0.2) is 5.78 Å². The van der Waals surface area contributed by atoms with Gasteiger partial charge in [-0.05, 0) is 42.3 Å². The summed E-state index contributed by atoms with van der Waals surface area (Å²) in [5.41, 5.74) is 1.90. The van der Waals surface area contributed by atoms with Gasteiger partial charge in [-0.2, -0.15) is 0 Å². The third-order valence-corrected chi connectivity index (χ3v) is 8.28. The summed E-state index contributed by atoms with van der Waals surface area (Å²) in [7, 11) is -3.81. The molecular weight excluding hydrogens is 430 g/mol. The molecule has 6 nitrogen and oxygen atoms in total. The highest BCUT2D eigenvalue weighted by Gasteiger charge is 2.33. The summed E-state index contributed by atoms with van der Waals surface area (Å²) >= 11 is 1.59. The topological polar surface area (TPSA) is 72.3 Å². The maximum Gasteiger partial charge on any atom is 0.268 e. The van der Waals surface area contributed by atoms with E-state index < -0.39 is 10.0 Å². The number of anilines is 1. The smallest absolute Gasteiger partial charge is 0.268 e. The van der Waals surface area contributed by atoms with Crippen molar-refractivity contribution in [2.45, 2.75) is 4.90 Å². The standard InChI is InChI=1S/C23H19N3O3S2/c27-23(17-14-25(30-16-17)18-7-6-12-24-13-18)21-15-26(22-11-5-4-10-20(21)22)31(28,29)19-8-2-1-3-9-19/h1-13,15,17H,14,16H2. The second kappa shape index (κ2) is 7.86. The van der Waals surface area contributed by atoms with Gasteiger partial charge in [-0.3, -0.25) is 9.78 Å². The number of carbonyl (C=O) groups is 1. The van der Waals surface area contributed by atoms with Crippen molar-refractivity contribution >= 4 is 44.3 Å². The van der Waals surface area contributed by atoms with Crippen molar-refractivity contribution in [2.24, 2.45) is 5.92 Å². The van der Waals surface area contributed by atoms with E-state index in [1.54, 1.807) is 72.9 Å². The summed E-state index contributed by atoms with van der Waals surface area (Å²) in [4.78, 5) is 17.8. The molecule has 0 radical (unpaired) electrons. The first kappa shape index (κ1) is 19.8. The predicted octanol–water partition coefficient (Wildman–Crippen LogP) is 4.24. The van der Waals surface area contributed by atoms with Gasteiger partial charge in [0.2, 0.25) is 0 Å². The minimum atomic E-state index is -3.81. The molecule has 4 aromatic rings. The van der Waals surface area contributed by atoms with Gasteiger partial charge < -0.3 is 4.31 Å². The Labute approximate surface area is 184 Å². The number of hydrogen-bond acceptors (Lipinski definition) is 6. The molecular formula is C23H19N3O3S2. The molecule has 156 valence electrons. The molecule has 1 aliphatic heterocycles. The van der Waals surface area contributed by atoms with Crippen molar-refractivity contribution in [3.05, 3.63) is 90.9 Å². The van der Waals surface area contributed by atoms with Crippen LogP contribution in [0.2, 0.25) is 0 Å². The van der Waals surface area contributed by atoms with Crippen LogP contribution >= 0.6 is 11.9 Å². The van der Waals surface area contributed by atoms with E-state index in [1.165, 1.54) is 10.2 Å². The number of para-hydroxylation sites is 1. The number of hydrogen-bond donors (Lipinski definition) is 0. The Hall–Kier alpha value is -3.10. The normalized spacial score (nSPS) is 16.6. The first-order valence-electron chi connectivity index (χ1n) is 9.81. The zero-order valence-corrected chi connectivity index (χ0v) is 18.1. The fourth-order valence-corrected chi connectivity index (χ4v) is 6.35. The zero-order chi connectivity index (χ0) is 21.4. The summed E-state index contributed by atoms with van der Waals surface area (Å²) < 4.78 is 29.8. The fourth-order valence-electron chi connectivity index (χ4n) is 3.80. The fraction of sp³-hybridized carbons (Fsp3) is 0.130. The van der Waals surface area contributed by atoms with E-state index in [2.05, 4.69) is 9.29 Å². The van der Waals surface area contributed by atoms with E-state index >= 15 is 0 Å². The highest BCUT2D eigenvalue weighted by Crippen LogP contribution is 2.34. The molecule has 0 spiro atoms. The average Bonchev–Trinajstić information content (AvgIpc) is 3.46. The number of carbonyl (C=O) groups excluding carboxylic acids is 1. The van der Waals surface area contributed by atoms with Crippen LogP contribution in [0.15, 0.2) is 90.2 Å². The van der Waals surface area contributed by atoms with Crippen LogP contribution in [0, 0.1) is 5.92 Å². The molecule has 1 atom stereocenters. The van der Waals surface area contributed by atoms with Crippen LogP contribution in [0.4, 0.5) is 5.69 Å². The molecule has 0 amide bonds. The molecule has 0 saturated carbocycles. The summed E-state index contributed by atoms with van der Waals surface area (Å²) in [5.74, 6) is 0.361. The Morgan fingerprint density at radius 1 is 1.00 bits per heavy atom. The van der Waals surface area contributed by atoms with Crippen molar-refractivity contribution < 1.29 is 13.2 Å². The van der Waals surface area contributed by atoms with E-state index in [-0.39, 0.29) is 16.6 Å². The van der Waals surface area contributed by atoms with Crippen molar-refractivity contribution in [3.63, 3.8) is 0 Å². The Bertz CT molecular complexity index is 1350. The quantitative estimate of drug-likeness (QED) is 0.335. The number of ketones is 1. The maximum absolute atomic E-state index is 13.5. The lowest BCUT2D eigenvalue weighted by molar-refractivity contribution is 0.0942. The number of benzene rings is 2. The Kier molecular flexibility index (Phi) is 5.03. The predicted molar refractivity (Wildman–Crippen MR) is 123 cm³/mol. The number of pyridine rings is 1. The van der Waals surface area contributed by atoms with Gasteiger partial charge in [-0.15, -0.1) is 0 Å². The molecule has 0 aliphatic carbocycles. The SMILES string of the molecule is O=C(c1cn(S(=O)(=O)c2ccccc2)c2ccccc12)C1CSN(c2cccnc2)C1. The number of aromatic nitrogens is 2. The van der Waals surface area contributed by atoms with Crippen LogP contribution in [0.25, 0.3) is 10.9 Å². The first-order valence-corrected chi connectivity index (χ1v) is 12.2. The zero-order valence-electron chi connectivity index (χ0n) is 16.5. The number of rotatable bonds is 5. The molecule has 5 rings (SSSR count). The van der Waals surface area contributed by atoms with Crippen LogP contribution in [0.3, 0.4) is 0 Å². The minimum Gasteiger partial charge on any atom is -0.314 e. The van der Waals surface area contributed by atoms with Gasteiger partial charge in [-0.1, -0.05) is 36.4 Å². The van der Waals surface area contributed by atoms with Gasteiger partial charge in [0.05, 0.1) is 28.2 Å². The van der Waals surface area contributed by atoms with E-state index in [0.717, 1.165) is 5.69 Å². The Morgan fingerprint density at radius 2 is 1.77 bits per heavy atom. The summed E-state index contributed by atoms with van der Waals surface area (Å²) in [6, 6.07) is 19.2. The van der Waals surface area contributed by atoms with Crippen molar-refractivity contribution in [3.8, 4) is 0 Å². The summed E-state index contributed by atoms with van der Waals surface area (Å²) in [5, 5.41) is 0.650. The summed E-state index contributed by atoms with van der Waals surface area (Å²) in [6.07, 6.45) is 4.97. The lowest BCUT2D eigenvalue weighted by Crippen LogP contribution is -2.22. The van der Waals surface area contributed by atoms with Gasteiger partial charge in [0.25, 0.3) is 10.0 Å². The molecule has 0 bridgehead atoms. The Morgan fingerprint density at radius 3 is 2.55 bits per heavy atom. The maximum atomic E-state index is 13.5. The van der Waals surface area contributed by atoms with Crippen molar-refractivity contribution in [1.29, 1.82) is 0 Å². The molecule has 1 saturated heterocycles. The second-order valence-corrected chi connectivity index (χ2v) is 10.2. The molecule has 3 heterocycles. The lowest BCUT2D eigenvalue weighted by Gasteiger charge is -2.15. The van der Waals surface area contributed by atoms with Gasteiger partial charge in [0.1, 0.15) is 0 Å². The van der Waals surface area contributed by atoms with Gasteiger partial charge in [-0.25, -0.2) is 12.4 Å².